The molecule has 0 saturated carbocycles. The molecule has 96 valence electrons. The molecule has 0 aliphatic heterocycles. The molecule has 0 saturated heterocycles. The average Bonchev–Trinajstić information content (AvgIpc) is 2.34. The summed E-state index contributed by atoms with van der Waals surface area (Å²) in [6.45, 7) is 4.50. The fourth-order valence-corrected chi connectivity index (χ4v) is 1.42. The van der Waals surface area contributed by atoms with Crippen LogP contribution < -0.4 is 4.74 Å². The summed E-state index contributed by atoms with van der Waals surface area (Å²) >= 11 is 0. The highest BCUT2D eigenvalue weighted by atomic mass is 16.5. The topological polar surface area (TPSA) is 63.6 Å². The van der Waals surface area contributed by atoms with Gasteiger partial charge < -0.3 is 9.84 Å². The van der Waals surface area contributed by atoms with Crippen molar-refractivity contribution >= 4 is 11.8 Å². The van der Waals surface area contributed by atoms with E-state index in [1.54, 1.807) is 18.2 Å². The minimum Gasteiger partial charge on any atom is -0.493 e. The molecule has 4 nitrogen and oxygen atoms in total. The molecule has 0 aliphatic rings. The zero-order chi connectivity index (χ0) is 13.5. The van der Waals surface area contributed by atoms with Crippen LogP contribution >= 0.6 is 0 Å². The monoisotopic (exact) mass is 248 g/mol. The van der Waals surface area contributed by atoms with Gasteiger partial charge in [-0.3, -0.25) is 4.79 Å². The first kappa shape index (κ1) is 14.0. The van der Waals surface area contributed by atoms with Crippen LogP contribution in [-0.4, -0.2) is 23.5 Å². The van der Waals surface area contributed by atoms with E-state index in [-0.39, 0.29) is 5.78 Å². The zero-order valence-corrected chi connectivity index (χ0v) is 10.5. The van der Waals surface area contributed by atoms with Crippen molar-refractivity contribution in [1.82, 2.24) is 0 Å². The Morgan fingerprint density at radius 2 is 2.06 bits per heavy atom. The van der Waals surface area contributed by atoms with Crippen LogP contribution in [0, 0.1) is 6.92 Å². The molecule has 0 heterocycles. The predicted molar refractivity (Wildman–Crippen MR) is 68.1 cm³/mol. The van der Waals surface area contributed by atoms with Gasteiger partial charge in [-0.25, -0.2) is 4.79 Å². The van der Waals surface area contributed by atoms with Gasteiger partial charge in [0.25, 0.3) is 0 Å². The van der Waals surface area contributed by atoms with Crippen LogP contribution in [0.2, 0.25) is 0 Å². The number of ether oxygens (including phenoxy) is 1. The Kier molecular flexibility index (Phi) is 5.11. The summed E-state index contributed by atoms with van der Waals surface area (Å²) in [7, 11) is 0. The van der Waals surface area contributed by atoms with Crippen molar-refractivity contribution in [3.05, 3.63) is 41.5 Å². The lowest BCUT2D eigenvalue weighted by Gasteiger charge is -2.08. The lowest BCUT2D eigenvalue weighted by Crippen LogP contribution is -2.00. The Balaban J connectivity index is 2.83. The van der Waals surface area contributed by atoms with Gasteiger partial charge in [0.15, 0.2) is 5.78 Å². The van der Waals surface area contributed by atoms with Gasteiger partial charge >= 0.3 is 5.97 Å². The first-order valence-electron chi connectivity index (χ1n) is 5.73. The van der Waals surface area contributed by atoms with Crippen molar-refractivity contribution in [2.75, 3.05) is 6.61 Å². The molecule has 0 unspecified atom stereocenters. The summed E-state index contributed by atoms with van der Waals surface area (Å²) < 4.78 is 5.50. The molecule has 1 aromatic carbocycles. The van der Waals surface area contributed by atoms with Crippen molar-refractivity contribution in [3.8, 4) is 5.75 Å². The number of carboxylic acids is 1. The van der Waals surface area contributed by atoms with Gasteiger partial charge in [0, 0.05) is 11.6 Å². The van der Waals surface area contributed by atoms with Crippen LogP contribution in [0.15, 0.2) is 30.4 Å². The fourth-order valence-electron chi connectivity index (χ4n) is 1.42. The third kappa shape index (κ3) is 4.05. The lowest BCUT2D eigenvalue weighted by atomic mass is 10.1. The van der Waals surface area contributed by atoms with Gasteiger partial charge in [0.1, 0.15) is 5.75 Å². The standard InChI is InChI=1S/C14H16O4/c1-3-8-18-13-6-4-11(9-10(13)2)12(15)5-7-14(16)17/h4-7,9H,3,8H2,1-2H3,(H,16,17)/b7-5+. The predicted octanol–water partition coefficient (Wildman–Crippen LogP) is 2.61. The lowest BCUT2D eigenvalue weighted by molar-refractivity contribution is -0.131. The molecule has 0 radical (unpaired) electrons. The number of carboxylic acid groups (broad SMARTS) is 1. The minimum atomic E-state index is -1.14. The minimum absolute atomic E-state index is 0.331. The van der Waals surface area contributed by atoms with E-state index in [0.717, 1.165) is 29.9 Å². The van der Waals surface area contributed by atoms with E-state index in [4.69, 9.17) is 9.84 Å². The molecule has 0 aliphatic carbocycles. The van der Waals surface area contributed by atoms with Crippen LogP contribution in [0.5, 0.6) is 5.75 Å². The third-order valence-electron chi connectivity index (χ3n) is 2.30. The van der Waals surface area contributed by atoms with Crippen LogP contribution in [0.25, 0.3) is 0 Å². The number of ketones is 1. The first-order valence-corrected chi connectivity index (χ1v) is 5.73. The summed E-state index contributed by atoms with van der Waals surface area (Å²) in [5.41, 5.74) is 1.31. The number of hydrogen-bond acceptors (Lipinski definition) is 3. The normalized spacial score (nSPS) is 10.6. The number of allylic oxidation sites excluding steroid dienone is 1. The number of rotatable bonds is 6. The molecule has 0 amide bonds. The fraction of sp³-hybridized carbons (Fsp3) is 0.286. The number of hydrogen-bond donors (Lipinski definition) is 1. The Morgan fingerprint density at radius 1 is 1.33 bits per heavy atom. The van der Waals surface area contributed by atoms with E-state index in [1.807, 2.05) is 13.8 Å². The van der Waals surface area contributed by atoms with Gasteiger partial charge in [-0.05, 0) is 43.2 Å². The van der Waals surface area contributed by atoms with Crippen LogP contribution in [0.4, 0.5) is 0 Å². The summed E-state index contributed by atoms with van der Waals surface area (Å²) in [5, 5.41) is 8.45. The van der Waals surface area contributed by atoms with Crippen molar-refractivity contribution in [1.29, 1.82) is 0 Å². The maximum atomic E-state index is 11.6. The van der Waals surface area contributed by atoms with E-state index in [1.165, 1.54) is 0 Å². The Morgan fingerprint density at radius 3 is 2.61 bits per heavy atom. The number of carbonyl (C=O) groups is 2. The largest absolute Gasteiger partial charge is 0.493 e. The highest BCUT2D eigenvalue weighted by molar-refractivity contribution is 6.07. The average molecular weight is 248 g/mol. The SMILES string of the molecule is CCCOc1ccc(C(=O)/C=C/C(=O)O)cc1C. The van der Waals surface area contributed by atoms with Gasteiger partial charge in [0.05, 0.1) is 6.61 Å². The van der Waals surface area contributed by atoms with Gasteiger partial charge in [-0.1, -0.05) is 6.92 Å². The van der Waals surface area contributed by atoms with Crippen molar-refractivity contribution in [2.24, 2.45) is 0 Å². The van der Waals surface area contributed by atoms with E-state index >= 15 is 0 Å². The van der Waals surface area contributed by atoms with Gasteiger partial charge in [-0.15, -0.1) is 0 Å². The molecule has 0 aromatic heterocycles. The highest BCUT2D eigenvalue weighted by Gasteiger charge is 2.06. The van der Waals surface area contributed by atoms with E-state index in [0.29, 0.717) is 12.2 Å². The molecule has 0 atom stereocenters. The summed E-state index contributed by atoms with van der Waals surface area (Å²) in [6.07, 6.45) is 2.80. The quantitative estimate of drug-likeness (QED) is 0.621. The summed E-state index contributed by atoms with van der Waals surface area (Å²) in [4.78, 5) is 22.0. The number of aryl methyl sites for hydroxylation is 1. The van der Waals surface area contributed by atoms with Crippen LogP contribution in [0.3, 0.4) is 0 Å². The molecule has 1 N–H and O–H groups in total. The molecular weight excluding hydrogens is 232 g/mol. The molecule has 18 heavy (non-hydrogen) atoms. The second-order valence-electron chi connectivity index (χ2n) is 3.86. The summed E-state index contributed by atoms with van der Waals surface area (Å²) in [5.74, 6) is -0.721. The molecule has 1 aromatic rings. The highest BCUT2D eigenvalue weighted by Crippen LogP contribution is 2.19. The second-order valence-corrected chi connectivity index (χ2v) is 3.86. The van der Waals surface area contributed by atoms with Gasteiger partial charge in [0.2, 0.25) is 0 Å². The maximum absolute atomic E-state index is 11.6. The molecule has 0 spiro atoms. The Hall–Kier alpha value is -2.10. The molecule has 0 bridgehead atoms. The molecule has 1 rings (SSSR count). The van der Waals surface area contributed by atoms with E-state index < -0.39 is 5.97 Å². The maximum Gasteiger partial charge on any atom is 0.328 e. The van der Waals surface area contributed by atoms with Crippen molar-refractivity contribution in [2.45, 2.75) is 20.3 Å². The second kappa shape index (κ2) is 6.59. The number of carbonyl (C=O) groups excluding carboxylic acids is 1. The summed E-state index contributed by atoms with van der Waals surface area (Å²) in [6, 6.07) is 5.05. The smallest absolute Gasteiger partial charge is 0.328 e. The van der Waals surface area contributed by atoms with Crippen LogP contribution in [-0.2, 0) is 4.79 Å². The molecular formula is C14H16O4. The van der Waals surface area contributed by atoms with Crippen molar-refractivity contribution in [3.63, 3.8) is 0 Å². The van der Waals surface area contributed by atoms with Crippen LogP contribution in [0.1, 0.15) is 29.3 Å². The molecule has 4 heteroatoms. The number of aliphatic carboxylic acids is 1. The Bertz CT molecular complexity index is 475. The van der Waals surface area contributed by atoms with Gasteiger partial charge in [-0.2, -0.15) is 0 Å². The van der Waals surface area contributed by atoms with E-state index in [9.17, 15) is 9.59 Å². The zero-order valence-electron chi connectivity index (χ0n) is 10.5. The van der Waals surface area contributed by atoms with Crippen molar-refractivity contribution < 1.29 is 19.4 Å². The third-order valence-corrected chi connectivity index (χ3v) is 2.30. The first-order chi connectivity index (χ1) is 8.54. The molecule has 0 fully saturated rings. The number of benzene rings is 1. The Labute approximate surface area is 106 Å². The van der Waals surface area contributed by atoms with E-state index in [2.05, 4.69) is 0 Å².